The highest BCUT2D eigenvalue weighted by Crippen LogP contribution is 2.36. The molecule has 158 valence electrons. The third kappa shape index (κ3) is 4.51. The SMILES string of the molecule is COC(=O)c1sc2ccccc2c1S(=O)(=O)N(C)CC(=O)Nc1cccc(SC)c1. The molecule has 3 rings (SSSR count). The van der Waals surface area contributed by atoms with E-state index in [4.69, 9.17) is 4.74 Å². The van der Waals surface area contributed by atoms with Crippen molar-refractivity contribution in [1.82, 2.24) is 4.31 Å². The van der Waals surface area contributed by atoms with E-state index in [1.165, 1.54) is 25.9 Å². The summed E-state index contributed by atoms with van der Waals surface area (Å²) in [5, 5.41) is 3.12. The van der Waals surface area contributed by atoms with Crippen molar-refractivity contribution in [1.29, 1.82) is 0 Å². The van der Waals surface area contributed by atoms with Gasteiger partial charge in [-0.1, -0.05) is 24.3 Å². The molecule has 0 unspecified atom stereocenters. The van der Waals surface area contributed by atoms with E-state index in [0.29, 0.717) is 15.8 Å². The number of thioether (sulfide) groups is 1. The van der Waals surface area contributed by atoms with E-state index in [1.54, 1.807) is 36.4 Å². The number of carbonyl (C=O) groups is 2. The highest BCUT2D eigenvalue weighted by atomic mass is 32.2. The van der Waals surface area contributed by atoms with Crippen molar-refractivity contribution >= 4 is 60.8 Å². The van der Waals surface area contributed by atoms with Crippen LogP contribution in [0.4, 0.5) is 5.69 Å². The lowest BCUT2D eigenvalue weighted by atomic mass is 10.2. The third-order valence-corrected chi connectivity index (χ3v) is 8.20. The molecule has 0 atom stereocenters. The lowest BCUT2D eigenvalue weighted by Gasteiger charge is -2.17. The topological polar surface area (TPSA) is 92.8 Å². The molecular formula is C20H20N2O5S3. The second-order valence-corrected chi connectivity index (χ2v) is 10.2. The fourth-order valence-electron chi connectivity index (χ4n) is 2.85. The average Bonchev–Trinajstić information content (AvgIpc) is 3.13. The van der Waals surface area contributed by atoms with E-state index in [0.717, 1.165) is 20.5 Å². The summed E-state index contributed by atoms with van der Waals surface area (Å²) in [6, 6.07) is 14.1. The first-order valence-corrected chi connectivity index (χ1v) is 12.3. The van der Waals surface area contributed by atoms with Crippen LogP contribution in [-0.4, -0.2) is 51.6 Å². The number of carbonyl (C=O) groups excluding carboxylic acids is 2. The number of ether oxygens (including phenoxy) is 1. The predicted octanol–water partition coefficient (Wildman–Crippen LogP) is 3.67. The Bertz CT molecular complexity index is 1200. The second kappa shape index (κ2) is 9.17. The molecule has 10 heteroatoms. The van der Waals surface area contributed by atoms with E-state index in [9.17, 15) is 18.0 Å². The van der Waals surface area contributed by atoms with Gasteiger partial charge in [0.1, 0.15) is 9.77 Å². The molecule has 3 aromatic rings. The number of benzene rings is 2. The molecule has 0 radical (unpaired) electrons. The highest BCUT2D eigenvalue weighted by Gasteiger charge is 2.32. The van der Waals surface area contributed by atoms with E-state index >= 15 is 0 Å². The van der Waals surface area contributed by atoms with Crippen LogP contribution in [0.15, 0.2) is 58.3 Å². The zero-order valence-electron chi connectivity index (χ0n) is 16.5. The number of sulfonamides is 1. The van der Waals surface area contributed by atoms with E-state index in [-0.39, 0.29) is 9.77 Å². The molecule has 0 aliphatic rings. The Morgan fingerprint density at radius 1 is 1.17 bits per heavy atom. The van der Waals surface area contributed by atoms with Crippen LogP contribution in [0.25, 0.3) is 10.1 Å². The van der Waals surface area contributed by atoms with Crippen LogP contribution in [0.3, 0.4) is 0 Å². The minimum atomic E-state index is -4.13. The number of methoxy groups -OCH3 is 1. The maximum atomic E-state index is 13.3. The zero-order valence-corrected chi connectivity index (χ0v) is 19.0. The van der Waals surface area contributed by atoms with Crippen molar-refractivity contribution in [3.63, 3.8) is 0 Å². The Labute approximate surface area is 183 Å². The lowest BCUT2D eigenvalue weighted by molar-refractivity contribution is -0.116. The molecule has 7 nitrogen and oxygen atoms in total. The first-order valence-electron chi connectivity index (χ1n) is 8.78. The molecule has 0 aliphatic carbocycles. The largest absolute Gasteiger partial charge is 0.465 e. The fourth-order valence-corrected chi connectivity index (χ4v) is 6.20. The van der Waals surface area contributed by atoms with Crippen LogP contribution in [0.5, 0.6) is 0 Å². The number of esters is 1. The van der Waals surface area contributed by atoms with Crippen LogP contribution < -0.4 is 5.32 Å². The third-order valence-electron chi connectivity index (χ3n) is 4.31. The summed E-state index contributed by atoms with van der Waals surface area (Å²) < 4.78 is 32.9. The van der Waals surface area contributed by atoms with Crippen molar-refractivity contribution in [2.45, 2.75) is 9.79 Å². The van der Waals surface area contributed by atoms with Crippen molar-refractivity contribution < 1.29 is 22.7 Å². The molecule has 0 bridgehead atoms. The molecular weight excluding hydrogens is 444 g/mol. The first-order chi connectivity index (χ1) is 14.3. The Balaban J connectivity index is 1.89. The maximum absolute atomic E-state index is 13.3. The number of nitrogens with one attached hydrogen (secondary N) is 1. The molecule has 1 amide bonds. The summed E-state index contributed by atoms with van der Waals surface area (Å²) in [5.74, 6) is -1.22. The van der Waals surface area contributed by atoms with Gasteiger partial charge >= 0.3 is 5.97 Å². The van der Waals surface area contributed by atoms with Gasteiger partial charge in [0.2, 0.25) is 15.9 Å². The first kappa shape index (κ1) is 22.3. The molecule has 1 aromatic heterocycles. The highest BCUT2D eigenvalue weighted by molar-refractivity contribution is 7.98. The van der Waals surface area contributed by atoms with Crippen molar-refractivity contribution in [2.75, 3.05) is 32.3 Å². The molecule has 0 saturated heterocycles. The smallest absolute Gasteiger partial charge is 0.349 e. The van der Waals surface area contributed by atoms with Gasteiger partial charge in [0.25, 0.3) is 0 Å². The molecule has 1 heterocycles. The number of fused-ring (bicyclic) bond motifs is 1. The van der Waals surface area contributed by atoms with Gasteiger partial charge in [0.15, 0.2) is 0 Å². The van der Waals surface area contributed by atoms with Gasteiger partial charge in [-0.2, -0.15) is 4.31 Å². The molecule has 0 aliphatic heterocycles. The fraction of sp³-hybridized carbons (Fsp3) is 0.200. The number of hydrogen-bond donors (Lipinski definition) is 1. The quantitative estimate of drug-likeness (QED) is 0.424. The molecule has 1 N–H and O–H groups in total. The normalized spacial score (nSPS) is 11.6. The summed E-state index contributed by atoms with van der Waals surface area (Å²) in [6.45, 7) is -0.406. The van der Waals surface area contributed by atoms with Crippen LogP contribution in [0.2, 0.25) is 0 Å². The summed E-state index contributed by atoms with van der Waals surface area (Å²) in [4.78, 5) is 25.5. The summed E-state index contributed by atoms with van der Waals surface area (Å²) >= 11 is 2.58. The standard InChI is InChI=1S/C20H20N2O5S3/c1-22(12-17(23)21-13-7-6-8-14(11-13)28-3)30(25,26)19-15-9-4-5-10-16(15)29-18(19)20(24)27-2/h4-11H,12H2,1-3H3,(H,21,23). The minimum absolute atomic E-state index is 0.0152. The number of amides is 1. The monoisotopic (exact) mass is 464 g/mol. The Morgan fingerprint density at radius 3 is 2.60 bits per heavy atom. The zero-order chi connectivity index (χ0) is 21.9. The van der Waals surface area contributed by atoms with Crippen LogP contribution in [0, 0.1) is 0 Å². The van der Waals surface area contributed by atoms with Gasteiger partial charge < -0.3 is 10.1 Å². The van der Waals surface area contributed by atoms with Gasteiger partial charge in [0, 0.05) is 27.7 Å². The number of nitrogens with zero attached hydrogens (tertiary/aromatic N) is 1. The number of likely N-dealkylation sites (N-methyl/N-ethyl adjacent to an activating group) is 1. The van der Waals surface area contributed by atoms with E-state index < -0.39 is 28.4 Å². The van der Waals surface area contributed by atoms with Crippen LogP contribution in [-0.2, 0) is 19.6 Å². The molecule has 0 spiro atoms. The molecule has 30 heavy (non-hydrogen) atoms. The van der Waals surface area contributed by atoms with Gasteiger partial charge in [0.05, 0.1) is 13.7 Å². The Kier molecular flexibility index (Phi) is 6.81. The van der Waals surface area contributed by atoms with Gasteiger partial charge in [-0.25, -0.2) is 13.2 Å². The Hall–Kier alpha value is -2.40. The van der Waals surface area contributed by atoms with Gasteiger partial charge in [-0.3, -0.25) is 4.79 Å². The van der Waals surface area contributed by atoms with Crippen molar-refractivity contribution in [3.05, 3.63) is 53.4 Å². The van der Waals surface area contributed by atoms with Gasteiger partial charge in [-0.05, 0) is 30.5 Å². The number of thiophene rings is 1. The minimum Gasteiger partial charge on any atom is -0.465 e. The summed E-state index contributed by atoms with van der Waals surface area (Å²) in [7, 11) is -1.63. The average molecular weight is 465 g/mol. The number of rotatable bonds is 7. The van der Waals surface area contributed by atoms with Crippen molar-refractivity contribution in [2.24, 2.45) is 0 Å². The summed E-state index contributed by atoms with van der Waals surface area (Å²) in [5.41, 5.74) is 0.578. The summed E-state index contributed by atoms with van der Waals surface area (Å²) in [6.07, 6.45) is 1.92. The van der Waals surface area contributed by atoms with E-state index in [2.05, 4.69) is 5.32 Å². The maximum Gasteiger partial charge on any atom is 0.349 e. The van der Waals surface area contributed by atoms with Crippen LogP contribution >= 0.6 is 23.1 Å². The van der Waals surface area contributed by atoms with Crippen LogP contribution in [0.1, 0.15) is 9.67 Å². The molecule has 0 fully saturated rings. The predicted molar refractivity (Wildman–Crippen MR) is 120 cm³/mol. The number of anilines is 1. The molecule has 0 saturated carbocycles. The second-order valence-electron chi connectivity index (χ2n) is 6.29. The lowest BCUT2D eigenvalue weighted by Crippen LogP contribution is -2.35. The van der Waals surface area contributed by atoms with Crippen molar-refractivity contribution in [3.8, 4) is 0 Å². The number of hydrogen-bond acceptors (Lipinski definition) is 7. The van der Waals surface area contributed by atoms with E-state index in [1.807, 2.05) is 18.4 Å². The van der Waals surface area contributed by atoms with Gasteiger partial charge in [-0.15, -0.1) is 23.1 Å². The molecule has 2 aromatic carbocycles. The Morgan fingerprint density at radius 2 is 1.90 bits per heavy atom.